The molecular weight excluding hydrogens is 429 g/mol. The molecule has 0 spiro atoms. The minimum absolute atomic E-state index is 0.141. The Labute approximate surface area is 191 Å². The van der Waals surface area contributed by atoms with Gasteiger partial charge in [0.1, 0.15) is 6.07 Å². The van der Waals surface area contributed by atoms with E-state index in [0.29, 0.717) is 37.3 Å². The van der Waals surface area contributed by atoms with Crippen LogP contribution in [0.25, 0.3) is 0 Å². The van der Waals surface area contributed by atoms with E-state index in [1.807, 2.05) is 32.0 Å². The van der Waals surface area contributed by atoms with Crippen LogP contribution in [0.2, 0.25) is 0 Å². The third-order valence-corrected chi connectivity index (χ3v) is 6.43. The first-order chi connectivity index (χ1) is 15.7. The second-order valence-corrected chi connectivity index (χ2v) is 9.13. The summed E-state index contributed by atoms with van der Waals surface area (Å²) in [5.41, 5.74) is 2.00. The number of anilines is 2. The molecule has 0 radical (unpaired) electrons. The van der Waals surface area contributed by atoms with Gasteiger partial charge in [-0.3, -0.25) is 4.79 Å². The second-order valence-electron chi connectivity index (χ2n) is 9.13. The lowest BCUT2D eigenvalue weighted by atomic mass is 9.82. The Morgan fingerprint density at radius 1 is 1.18 bits per heavy atom. The Kier molecular flexibility index (Phi) is 6.24. The second kappa shape index (κ2) is 8.97. The van der Waals surface area contributed by atoms with Gasteiger partial charge in [-0.2, -0.15) is 18.4 Å². The van der Waals surface area contributed by atoms with Gasteiger partial charge in [-0.25, -0.2) is 0 Å². The maximum absolute atomic E-state index is 13.3. The van der Waals surface area contributed by atoms with Gasteiger partial charge in [-0.05, 0) is 48.2 Å². The van der Waals surface area contributed by atoms with Crippen LogP contribution in [0.1, 0.15) is 30.5 Å². The normalized spacial score (nSPS) is 20.2. The SMILES string of the molecule is CC(C)CNC(=O)[C@H]1Cc2cc(C(F)(F)F)ccc2N2CCN(c3ccccc3C#N)C[C@@H]12. The number of rotatable bonds is 4. The van der Waals surface area contributed by atoms with E-state index in [1.54, 1.807) is 6.07 Å². The molecule has 2 aromatic carbocycles. The number of nitrogens with one attached hydrogen (secondary N) is 1. The third kappa shape index (κ3) is 4.63. The molecule has 2 atom stereocenters. The van der Waals surface area contributed by atoms with Crippen LogP contribution < -0.4 is 15.1 Å². The number of piperazine rings is 1. The van der Waals surface area contributed by atoms with Crippen molar-refractivity contribution in [2.75, 3.05) is 36.0 Å². The van der Waals surface area contributed by atoms with Crippen molar-refractivity contribution < 1.29 is 18.0 Å². The minimum Gasteiger partial charge on any atom is -0.367 e. The standard InChI is InChI=1S/C25H27F3N4O/c1-16(2)14-30-24(33)20-12-18-11-19(25(26,27)28)7-8-22(18)32-10-9-31(15-23(20)32)21-6-4-3-5-17(21)13-29/h3-8,11,16,20,23H,9-10,12,14-15H2,1-2H3,(H,30,33)/t20-,23-/m0/s1. The lowest BCUT2D eigenvalue weighted by Crippen LogP contribution is -2.61. The van der Waals surface area contributed by atoms with E-state index in [1.165, 1.54) is 12.1 Å². The number of hydrogen-bond donors (Lipinski definition) is 1. The molecule has 0 unspecified atom stereocenters. The molecule has 8 heteroatoms. The van der Waals surface area contributed by atoms with Crippen molar-refractivity contribution in [1.82, 2.24) is 5.32 Å². The van der Waals surface area contributed by atoms with Crippen LogP contribution in [-0.4, -0.2) is 38.1 Å². The van der Waals surface area contributed by atoms with Crippen molar-refractivity contribution >= 4 is 17.3 Å². The molecule has 1 saturated heterocycles. The zero-order valence-corrected chi connectivity index (χ0v) is 18.7. The maximum Gasteiger partial charge on any atom is 0.416 e. The molecule has 1 amide bonds. The summed E-state index contributed by atoms with van der Waals surface area (Å²) < 4.78 is 40.0. The van der Waals surface area contributed by atoms with E-state index in [0.717, 1.165) is 17.4 Å². The molecular formula is C25H27F3N4O. The number of alkyl halides is 3. The highest BCUT2D eigenvalue weighted by Crippen LogP contribution is 2.40. The fourth-order valence-corrected chi connectivity index (χ4v) is 4.80. The van der Waals surface area contributed by atoms with Gasteiger partial charge in [0.2, 0.25) is 5.91 Å². The predicted octanol–water partition coefficient (Wildman–Crippen LogP) is 4.22. The monoisotopic (exact) mass is 456 g/mol. The van der Waals surface area contributed by atoms with Crippen LogP contribution in [-0.2, 0) is 17.4 Å². The zero-order chi connectivity index (χ0) is 23.8. The highest BCUT2D eigenvalue weighted by molar-refractivity contribution is 5.82. The molecule has 0 saturated carbocycles. The fraction of sp³-hybridized carbons (Fsp3) is 0.440. The van der Waals surface area contributed by atoms with Crippen molar-refractivity contribution in [3.05, 3.63) is 59.2 Å². The Bertz CT molecular complexity index is 1080. The third-order valence-electron chi connectivity index (χ3n) is 6.43. The van der Waals surface area contributed by atoms with E-state index < -0.39 is 17.7 Å². The molecule has 1 N–H and O–H groups in total. The number of hydrogen-bond acceptors (Lipinski definition) is 4. The van der Waals surface area contributed by atoms with Crippen LogP contribution in [0.15, 0.2) is 42.5 Å². The minimum atomic E-state index is -4.43. The Hall–Kier alpha value is -3.21. The summed E-state index contributed by atoms with van der Waals surface area (Å²) in [6, 6.07) is 13.2. The average Bonchev–Trinajstić information content (AvgIpc) is 2.80. The van der Waals surface area contributed by atoms with Crippen molar-refractivity contribution in [3.8, 4) is 6.07 Å². The summed E-state index contributed by atoms with van der Waals surface area (Å²) in [4.78, 5) is 17.4. The number of nitrogens with zero attached hydrogens (tertiary/aromatic N) is 3. The van der Waals surface area contributed by atoms with Crippen LogP contribution in [0, 0.1) is 23.2 Å². The maximum atomic E-state index is 13.3. The lowest BCUT2D eigenvalue weighted by Gasteiger charge is -2.50. The highest BCUT2D eigenvalue weighted by Gasteiger charge is 2.43. The van der Waals surface area contributed by atoms with Crippen molar-refractivity contribution in [2.24, 2.45) is 11.8 Å². The number of fused-ring (bicyclic) bond motifs is 3. The molecule has 0 aromatic heterocycles. The van der Waals surface area contributed by atoms with Gasteiger partial charge >= 0.3 is 6.18 Å². The summed E-state index contributed by atoms with van der Waals surface area (Å²) >= 11 is 0. The fourth-order valence-electron chi connectivity index (χ4n) is 4.80. The molecule has 2 aliphatic heterocycles. The van der Waals surface area contributed by atoms with Crippen LogP contribution in [0.3, 0.4) is 0 Å². The van der Waals surface area contributed by atoms with Crippen molar-refractivity contribution in [3.63, 3.8) is 0 Å². The van der Waals surface area contributed by atoms with Gasteiger partial charge in [-0.1, -0.05) is 26.0 Å². The number of halogens is 3. The lowest BCUT2D eigenvalue weighted by molar-refractivity contribution is -0.137. The van der Waals surface area contributed by atoms with Gasteiger partial charge in [-0.15, -0.1) is 0 Å². The number of amides is 1. The summed E-state index contributed by atoms with van der Waals surface area (Å²) in [6.07, 6.45) is -4.18. The smallest absolute Gasteiger partial charge is 0.367 e. The summed E-state index contributed by atoms with van der Waals surface area (Å²) in [5, 5.41) is 12.5. The number of benzene rings is 2. The molecule has 0 aliphatic carbocycles. The summed E-state index contributed by atoms with van der Waals surface area (Å²) in [5.74, 6) is -0.364. The van der Waals surface area contributed by atoms with Gasteiger partial charge in [0.15, 0.2) is 0 Å². The van der Waals surface area contributed by atoms with Crippen LogP contribution >= 0.6 is 0 Å². The number of para-hydroxylation sites is 1. The van der Waals surface area contributed by atoms with Crippen molar-refractivity contribution in [1.29, 1.82) is 5.26 Å². The molecule has 5 nitrogen and oxygen atoms in total. The van der Waals surface area contributed by atoms with Crippen LogP contribution in [0.5, 0.6) is 0 Å². The molecule has 4 rings (SSSR count). The van der Waals surface area contributed by atoms with E-state index in [9.17, 15) is 23.2 Å². The number of nitriles is 1. The van der Waals surface area contributed by atoms with Gasteiger partial charge in [0, 0.05) is 31.9 Å². The summed E-state index contributed by atoms with van der Waals surface area (Å²) in [6.45, 7) is 6.18. The van der Waals surface area contributed by atoms with E-state index in [-0.39, 0.29) is 24.3 Å². The van der Waals surface area contributed by atoms with E-state index >= 15 is 0 Å². The first-order valence-corrected chi connectivity index (χ1v) is 11.2. The van der Waals surface area contributed by atoms with Gasteiger partial charge < -0.3 is 15.1 Å². The first-order valence-electron chi connectivity index (χ1n) is 11.2. The molecule has 2 aromatic rings. The average molecular weight is 457 g/mol. The quantitative estimate of drug-likeness (QED) is 0.749. The highest BCUT2D eigenvalue weighted by atomic mass is 19.4. The predicted molar refractivity (Wildman–Crippen MR) is 121 cm³/mol. The molecule has 2 heterocycles. The number of carbonyl (C=O) groups is 1. The first kappa shape index (κ1) is 23.0. The largest absolute Gasteiger partial charge is 0.416 e. The molecule has 1 fully saturated rings. The summed E-state index contributed by atoms with van der Waals surface area (Å²) in [7, 11) is 0. The zero-order valence-electron chi connectivity index (χ0n) is 18.7. The Morgan fingerprint density at radius 2 is 1.94 bits per heavy atom. The van der Waals surface area contributed by atoms with E-state index in [4.69, 9.17) is 0 Å². The van der Waals surface area contributed by atoms with E-state index in [2.05, 4.69) is 21.2 Å². The molecule has 33 heavy (non-hydrogen) atoms. The molecule has 0 bridgehead atoms. The number of carbonyl (C=O) groups excluding carboxylic acids is 1. The Morgan fingerprint density at radius 3 is 2.64 bits per heavy atom. The Balaban J connectivity index is 1.69. The van der Waals surface area contributed by atoms with Crippen molar-refractivity contribution in [2.45, 2.75) is 32.5 Å². The molecule has 174 valence electrons. The van der Waals surface area contributed by atoms with Gasteiger partial charge in [0.25, 0.3) is 0 Å². The molecule has 2 aliphatic rings. The van der Waals surface area contributed by atoms with Crippen LogP contribution in [0.4, 0.5) is 24.5 Å². The topological polar surface area (TPSA) is 59.4 Å². The van der Waals surface area contributed by atoms with Gasteiger partial charge in [0.05, 0.1) is 28.8 Å².